The second-order valence-corrected chi connectivity index (χ2v) is 4.51. The van der Waals surface area contributed by atoms with Crippen LogP contribution in [0.15, 0.2) is 24.5 Å². The van der Waals surface area contributed by atoms with Gasteiger partial charge in [0.25, 0.3) is 11.0 Å². The predicted octanol–water partition coefficient (Wildman–Crippen LogP) is 1.33. The van der Waals surface area contributed by atoms with Crippen LogP contribution in [0, 0.1) is 10.1 Å². The van der Waals surface area contributed by atoms with E-state index >= 15 is 0 Å². The Balaban J connectivity index is 1.80. The first-order chi connectivity index (χ1) is 9.15. The van der Waals surface area contributed by atoms with Gasteiger partial charge in [0.2, 0.25) is 0 Å². The van der Waals surface area contributed by atoms with Crippen LogP contribution in [0.2, 0.25) is 0 Å². The maximum Gasteiger partial charge on any atom is 0.294 e. The minimum atomic E-state index is -0.749. The number of amides is 1. The van der Waals surface area contributed by atoms with Gasteiger partial charge in [-0.2, -0.15) is 0 Å². The lowest BCUT2D eigenvalue weighted by atomic mass is 9.93. The molecule has 1 aliphatic rings. The van der Waals surface area contributed by atoms with Gasteiger partial charge in [-0.1, -0.05) is 0 Å². The Bertz CT molecular complexity index is 444. The van der Waals surface area contributed by atoms with Gasteiger partial charge >= 0.3 is 0 Å². The van der Waals surface area contributed by atoms with Crippen LogP contribution in [0.25, 0.3) is 0 Å². The normalized spacial score (nSPS) is 22.5. The maximum absolute atomic E-state index is 11.9. The summed E-state index contributed by atoms with van der Waals surface area (Å²) in [6.07, 6.45) is 5.34. The van der Waals surface area contributed by atoms with Crippen LogP contribution in [0.3, 0.4) is 0 Å². The van der Waals surface area contributed by atoms with Crippen LogP contribution in [-0.2, 0) is 4.84 Å². The summed E-state index contributed by atoms with van der Waals surface area (Å²) in [5, 5.41) is 12.4. The molecule has 7 heteroatoms. The van der Waals surface area contributed by atoms with Crippen molar-refractivity contribution in [1.29, 1.82) is 0 Å². The number of aromatic nitrogens is 1. The zero-order valence-corrected chi connectivity index (χ0v) is 10.3. The van der Waals surface area contributed by atoms with Gasteiger partial charge in [-0.05, 0) is 37.8 Å². The fourth-order valence-electron chi connectivity index (χ4n) is 2.21. The highest BCUT2D eigenvalue weighted by molar-refractivity contribution is 5.94. The fourth-order valence-corrected chi connectivity index (χ4v) is 2.21. The first kappa shape index (κ1) is 13.3. The number of carbonyl (C=O) groups is 1. The van der Waals surface area contributed by atoms with E-state index in [0.717, 1.165) is 0 Å². The molecule has 0 atom stereocenters. The molecule has 1 saturated carbocycles. The second kappa shape index (κ2) is 6.12. The first-order valence-electron chi connectivity index (χ1n) is 6.17. The van der Waals surface area contributed by atoms with Crippen molar-refractivity contribution in [3.63, 3.8) is 0 Å². The van der Waals surface area contributed by atoms with Crippen molar-refractivity contribution in [3.8, 4) is 0 Å². The third-order valence-corrected chi connectivity index (χ3v) is 3.19. The monoisotopic (exact) mass is 265 g/mol. The molecule has 7 nitrogen and oxygen atoms in total. The largest absolute Gasteiger partial charge is 0.349 e. The summed E-state index contributed by atoms with van der Waals surface area (Å²) in [5.74, 6) is -0.138. The third kappa shape index (κ3) is 3.90. The quantitative estimate of drug-likeness (QED) is 0.654. The van der Waals surface area contributed by atoms with E-state index in [2.05, 4.69) is 15.1 Å². The van der Waals surface area contributed by atoms with Crippen molar-refractivity contribution >= 4 is 5.91 Å². The van der Waals surface area contributed by atoms with Gasteiger partial charge in [-0.15, -0.1) is 10.1 Å². The third-order valence-electron chi connectivity index (χ3n) is 3.19. The van der Waals surface area contributed by atoms with Crippen molar-refractivity contribution in [3.05, 3.63) is 40.2 Å². The van der Waals surface area contributed by atoms with Gasteiger partial charge in [-0.3, -0.25) is 9.78 Å². The molecular formula is C12H15N3O4. The summed E-state index contributed by atoms with van der Waals surface area (Å²) in [4.78, 5) is 30.5. The second-order valence-electron chi connectivity index (χ2n) is 4.51. The molecule has 1 aliphatic carbocycles. The van der Waals surface area contributed by atoms with Crippen LogP contribution in [-0.4, -0.2) is 28.1 Å². The van der Waals surface area contributed by atoms with Crippen LogP contribution in [0.4, 0.5) is 0 Å². The maximum atomic E-state index is 11.9. The van der Waals surface area contributed by atoms with E-state index in [1.807, 2.05) is 0 Å². The molecule has 1 aromatic heterocycles. The molecule has 1 aromatic rings. The Morgan fingerprint density at radius 1 is 1.32 bits per heavy atom. The van der Waals surface area contributed by atoms with Crippen molar-refractivity contribution in [2.45, 2.75) is 37.8 Å². The number of carbonyl (C=O) groups excluding carboxylic acids is 1. The van der Waals surface area contributed by atoms with Gasteiger partial charge in [0.15, 0.2) is 0 Å². The van der Waals surface area contributed by atoms with Crippen molar-refractivity contribution in [2.75, 3.05) is 0 Å². The van der Waals surface area contributed by atoms with Crippen molar-refractivity contribution in [1.82, 2.24) is 10.3 Å². The molecule has 0 saturated heterocycles. The van der Waals surface area contributed by atoms with Crippen LogP contribution >= 0.6 is 0 Å². The van der Waals surface area contributed by atoms with Gasteiger partial charge in [0.05, 0.1) is 0 Å². The molecule has 0 aromatic carbocycles. The molecule has 0 bridgehead atoms. The van der Waals surface area contributed by atoms with E-state index in [4.69, 9.17) is 0 Å². The lowest BCUT2D eigenvalue weighted by molar-refractivity contribution is -0.769. The average Bonchev–Trinajstić information content (AvgIpc) is 2.41. The minimum Gasteiger partial charge on any atom is -0.349 e. The average molecular weight is 265 g/mol. The zero-order chi connectivity index (χ0) is 13.7. The number of hydrogen-bond acceptors (Lipinski definition) is 5. The molecule has 1 N–H and O–H groups in total. The number of pyridine rings is 1. The highest BCUT2D eigenvalue weighted by Crippen LogP contribution is 2.21. The highest BCUT2D eigenvalue weighted by Gasteiger charge is 2.24. The number of rotatable bonds is 4. The van der Waals surface area contributed by atoms with Gasteiger partial charge in [-0.25, -0.2) is 0 Å². The van der Waals surface area contributed by atoms with Gasteiger partial charge < -0.3 is 10.2 Å². The van der Waals surface area contributed by atoms with E-state index in [1.54, 1.807) is 24.5 Å². The lowest BCUT2D eigenvalue weighted by Crippen LogP contribution is -2.39. The van der Waals surface area contributed by atoms with Crippen molar-refractivity contribution in [2.24, 2.45) is 0 Å². The summed E-state index contributed by atoms with van der Waals surface area (Å²) < 4.78 is 0. The number of nitrogens with one attached hydrogen (secondary N) is 1. The van der Waals surface area contributed by atoms with Crippen LogP contribution in [0.5, 0.6) is 0 Å². The number of hydrogen-bond donors (Lipinski definition) is 1. The Hall–Kier alpha value is -2.18. The van der Waals surface area contributed by atoms with E-state index in [0.29, 0.717) is 31.2 Å². The summed E-state index contributed by atoms with van der Waals surface area (Å²) in [7, 11) is 0. The molecule has 1 amide bonds. The molecule has 1 fully saturated rings. The lowest BCUT2D eigenvalue weighted by Gasteiger charge is -2.27. The highest BCUT2D eigenvalue weighted by atomic mass is 17.0. The Labute approximate surface area is 110 Å². The molecule has 19 heavy (non-hydrogen) atoms. The summed E-state index contributed by atoms with van der Waals surface area (Å²) >= 11 is 0. The smallest absolute Gasteiger partial charge is 0.294 e. The van der Waals surface area contributed by atoms with E-state index < -0.39 is 5.09 Å². The van der Waals surface area contributed by atoms with Crippen molar-refractivity contribution < 1.29 is 14.7 Å². The Kier molecular flexibility index (Phi) is 4.27. The molecule has 102 valence electrons. The Morgan fingerprint density at radius 2 is 1.95 bits per heavy atom. The summed E-state index contributed by atoms with van der Waals surface area (Å²) in [6.45, 7) is 0. The SMILES string of the molecule is O=C(NC1CCC(O[N+](=O)[O-])CC1)c1ccncc1. The molecule has 2 rings (SSSR count). The summed E-state index contributed by atoms with van der Waals surface area (Å²) in [5.41, 5.74) is 0.568. The van der Waals surface area contributed by atoms with Crippen LogP contribution < -0.4 is 5.32 Å². The van der Waals surface area contributed by atoms with Crippen LogP contribution in [0.1, 0.15) is 36.0 Å². The molecule has 0 radical (unpaired) electrons. The number of nitrogens with zero attached hydrogens (tertiary/aromatic N) is 2. The molecular weight excluding hydrogens is 250 g/mol. The zero-order valence-electron chi connectivity index (χ0n) is 10.3. The summed E-state index contributed by atoms with van der Waals surface area (Å²) in [6, 6.07) is 3.35. The minimum absolute atomic E-state index is 0.0484. The standard InChI is InChI=1S/C12H15N3O4/c16-12(9-5-7-13-8-6-9)14-10-1-3-11(4-2-10)19-15(17)18/h5-8,10-11H,1-4H2,(H,14,16). The van der Waals surface area contributed by atoms with E-state index in [-0.39, 0.29) is 18.1 Å². The van der Waals surface area contributed by atoms with Gasteiger partial charge in [0, 0.05) is 24.0 Å². The van der Waals surface area contributed by atoms with E-state index in [9.17, 15) is 14.9 Å². The molecule has 0 unspecified atom stereocenters. The Morgan fingerprint density at radius 3 is 2.53 bits per heavy atom. The van der Waals surface area contributed by atoms with E-state index in [1.165, 1.54) is 0 Å². The predicted molar refractivity (Wildman–Crippen MR) is 65.8 cm³/mol. The van der Waals surface area contributed by atoms with Gasteiger partial charge in [0.1, 0.15) is 6.10 Å². The molecule has 1 heterocycles. The first-order valence-corrected chi connectivity index (χ1v) is 6.17. The molecule has 0 aliphatic heterocycles. The molecule has 0 spiro atoms. The topological polar surface area (TPSA) is 94.4 Å². The fraction of sp³-hybridized carbons (Fsp3) is 0.500.